The van der Waals surface area contributed by atoms with E-state index in [0.29, 0.717) is 6.61 Å². The molecule has 6 heteroatoms. The van der Waals surface area contributed by atoms with E-state index in [9.17, 15) is 0 Å². The number of ether oxygens (including phenoxy) is 1. The normalized spacial score (nSPS) is 23.8. The fraction of sp³-hybridized carbons (Fsp3) is 0.684. The molecule has 134 valence electrons. The number of rotatable bonds is 8. The van der Waals surface area contributed by atoms with Crippen molar-refractivity contribution in [2.75, 3.05) is 19.8 Å². The molecule has 3 aliphatic rings. The Morgan fingerprint density at radius 3 is 2.80 bits per heavy atom. The first-order valence-electron chi connectivity index (χ1n) is 9.62. The van der Waals surface area contributed by atoms with Gasteiger partial charge in [-0.05, 0) is 43.6 Å². The summed E-state index contributed by atoms with van der Waals surface area (Å²) in [7, 11) is 0. The van der Waals surface area contributed by atoms with E-state index in [1.54, 1.807) is 6.26 Å². The molecule has 2 aliphatic carbocycles. The number of fused-ring (bicyclic) bond motifs is 1. The van der Waals surface area contributed by atoms with Crippen LogP contribution in [0.3, 0.4) is 0 Å². The van der Waals surface area contributed by atoms with Crippen LogP contribution in [0.4, 0.5) is 0 Å². The third kappa shape index (κ3) is 3.51. The van der Waals surface area contributed by atoms with Crippen LogP contribution >= 0.6 is 0 Å². The zero-order chi connectivity index (χ0) is 16.6. The Balaban J connectivity index is 1.34. The van der Waals surface area contributed by atoms with Gasteiger partial charge in [0.1, 0.15) is 5.69 Å². The highest BCUT2D eigenvalue weighted by Crippen LogP contribution is 2.35. The maximum atomic E-state index is 6.06. The molecule has 0 amide bonds. The van der Waals surface area contributed by atoms with Gasteiger partial charge in [-0.1, -0.05) is 5.21 Å². The first-order chi connectivity index (χ1) is 12.4. The van der Waals surface area contributed by atoms with Crippen molar-refractivity contribution in [1.82, 2.24) is 19.9 Å². The molecule has 2 fully saturated rings. The van der Waals surface area contributed by atoms with Crippen LogP contribution in [-0.4, -0.2) is 39.7 Å². The lowest BCUT2D eigenvalue weighted by Crippen LogP contribution is -2.38. The van der Waals surface area contributed by atoms with E-state index >= 15 is 0 Å². The van der Waals surface area contributed by atoms with E-state index in [1.807, 2.05) is 12.3 Å². The van der Waals surface area contributed by atoms with Crippen LogP contribution < -0.4 is 0 Å². The van der Waals surface area contributed by atoms with Crippen molar-refractivity contribution in [1.29, 1.82) is 0 Å². The predicted octanol–water partition coefficient (Wildman–Crippen LogP) is 2.81. The quantitative estimate of drug-likeness (QED) is 0.738. The molecule has 3 heterocycles. The van der Waals surface area contributed by atoms with E-state index in [2.05, 4.69) is 19.9 Å². The summed E-state index contributed by atoms with van der Waals surface area (Å²) >= 11 is 0. The van der Waals surface area contributed by atoms with Gasteiger partial charge in [-0.3, -0.25) is 4.90 Å². The summed E-state index contributed by atoms with van der Waals surface area (Å²) in [4.78, 5) is 2.47. The highest BCUT2D eigenvalue weighted by molar-refractivity contribution is 5.20. The largest absolute Gasteiger partial charge is 0.472 e. The van der Waals surface area contributed by atoms with Gasteiger partial charge in [0.15, 0.2) is 0 Å². The molecular formula is C19H26N4O2. The van der Waals surface area contributed by atoms with Crippen LogP contribution in [0, 0.1) is 11.8 Å². The Labute approximate surface area is 148 Å². The second kappa shape index (κ2) is 6.57. The molecule has 2 aromatic heterocycles. The molecule has 2 saturated carbocycles. The summed E-state index contributed by atoms with van der Waals surface area (Å²) in [5, 5.41) is 9.06. The van der Waals surface area contributed by atoms with Gasteiger partial charge < -0.3 is 9.15 Å². The van der Waals surface area contributed by atoms with E-state index in [1.165, 1.54) is 36.9 Å². The monoisotopic (exact) mass is 342 g/mol. The number of hydrogen-bond donors (Lipinski definition) is 0. The molecule has 0 aromatic carbocycles. The summed E-state index contributed by atoms with van der Waals surface area (Å²) in [5.74, 6) is 1.61. The molecule has 0 N–H and O–H groups in total. The van der Waals surface area contributed by atoms with Gasteiger partial charge in [0.05, 0.1) is 30.9 Å². The zero-order valence-electron chi connectivity index (χ0n) is 14.6. The molecule has 1 aliphatic heterocycles. The standard InChI is InChI=1S/C19H26N4O2/c1-2-14(1)10-23-17-5-7-22(9-16-6-8-24-12-16)18(19(17)20-21-23)13-25-11-15-3-4-15/h6,8,12,14-15,18H,1-5,7,9-11,13H2/t18-/m1/s1. The second-order valence-electron chi connectivity index (χ2n) is 7.90. The summed E-state index contributed by atoms with van der Waals surface area (Å²) in [6.07, 6.45) is 9.94. The summed E-state index contributed by atoms with van der Waals surface area (Å²) in [6.45, 7) is 4.54. The lowest BCUT2D eigenvalue weighted by molar-refractivity contribution is 0.0423. The van der Waals surface area contributed by atoms with Gasteiger partial charge in [0.2, 0.25) is 0 Å². The van der Waals surface area contributed by atoms with Crippen LogP contribution in [0.15, 0.2) is 23.0 Å². The Morgan fingerprint density at radius 2 is 2.04 bits per heavy atom. The maximum absolute atomic E-state index is 6.06. The van der Waals surface area contributed by atoms with E-state index in [0.717, 1.165) is 50.2 Å². The Hall–Kier alpha value is -1.66. The van der Waals surface area contributed by atoms with E-state index < -0.39 is 0 Å². The van der Waals surface area contributed by atoms with Gasteiger partial charge in [-0.15, -0.1) is 5.10 Å². The third-order valence-electron chi connectivity index (χ3n) is 5.68. The van der Waals surface area contributed by atoms with Crippen LogP contribution in [0.1, 0.15) is 48.7 Å². The van der Waals surface area contributed by atoms with Crippen LogP contribution in [0.5, 0.6) is 0 Å². The zero-order valence-corrected chi connectivity index (χ0v) is 14.6. The molecule has 0 unspecified atom stereocenters. The highest BCUT2D eigenvalue weighted by atomic mass is 16.5. The SMILES string of the molecule is c1cc(CN2CCc3c(nnn3CC3CC3)[C@H]2COCC2CC2)co1. The molecule has 0 bridgehead atoms. The lowest BCUT2D eigenvalue weighted by atomic mass is 10.0. The number of furan rings is 1. The van der Waals surface area contributed by atoms with E-state index in [-0.39, 0.29) is 6.04 Å². The smallest absolute Gasteiger partial charge is 0.105 e. The first-order valence-corrected chi connectivity index (χ1v) is 9.62. The van der Waals surface area contributed by atoms with Crippen LogP contribution in [0.2, 0.25) is 0 Å². The molecule has 0 spiro atoms. The van der Waals surface area contributed by atoms with Crippen molar-refractivity contribution in [3.8, 4) is 0 Å². The number of nitrogens with zero attached hydrogens (tertiary/aromatic N) is 4. The topological polar surface area (TPSA) is 56.3 Å². The average Bonchev–Trinajstić information content (AvgIpc) is 3.52. The van der Waals surface area contributed by atoms with Gasteiger partial charge >= 0.3 is 0 Å². The summed E-state index contributed by atoms with van der Waals surface area (Å²) in [5.41, 5.74) is 3.67. The van der Waals surface area contributed by atoms with Gasteiger partial charge in [0, 0.05) is 38.2 Å². The number of hydrogen-bond acceptors (Lipinski definition) is 5. The van der Waals surface area contributed by atoms with Gasteiger partial charge in [-0.25, -0.2) is 4.68 Å². The molecule has 1 atom stereocenters. The fourth-order valence-electron chi connectivity index (χ4n) is 3.75. The minimum atomic E-state index is 0.199. The molecule has 6 nitrogen and oxygen atoms in total. The fourth-order valence-corrected chi connectivity index (χ4v) is 3.75. The van der Waals surface area contributed by atoms with Gasteiger partial charge in [0.25, 0.3) is 0 Å². The second-order valence-corrected chi connectivity index (χ2v) is 7.90. The highest BCUT2D eigenvalue weighted by Gasteiger charge is 2.34. The van der Waals surface area contributed by atoms with E-state index in [4.69, 9.17) is 9.15 Å². The molecule has 0 radical (unpaired) electrons. The van der Waals surface area contributed by atoms with Crippen LogP contribution in [0.25, 0.3) is 0 Å². The molecular weight excluding hydrogens is 316 g/mol. The van der Waals surface area contributed by atoms with Crippen LogP contribution in [-0.2, 0) is 24.2 Å². The molecule has 25 heavy (non-hydrogen) atoms. The first kappa shape index (κ1) is 15.6. The predicted molar refractivity (Wildman–Crippen MR) is 91.9 cm³/mol. The summed E-state index contributed by atoms with van der Waals surface area (Å²) < 4.78 is 13.5. The van der Waals surface area contributed by atoms with Crippen molar-refractivity contribution in [3.05, 3.63) is 35.5 Å². The Bertz CT molecular complexity index is 703. The minimum Gasteiger partial charge on any atom is -0.472 e. The third-order valence-corrected chi connectivity index (χ3v) is 5.68. The molecule has 0 saturated heterocycles. The maximum Gasteiger partial charge on any atom is 0.105 e. The van der Waals surface area contributed by atoms with Crippen molar-refractivity contribution in [2.45, 2.75) is 51.2 Å². The Kier molecular flexibility index (Phi) is 4.10. The number of aromatic nitrogens is 3. The van der Waals surface area contributed by atoms with Crippen molar-refractivity contribution in [2.24, 2.45) is 11.8 Å². The summed E-state index contributed by atoms with van der Waals surface area (Å²) in [6, 6.07) is 2.24. The Morgan fingerprint density at radius 1 is 1.16 bits per heavy atom. The van der Waals surface area contributed by atoms with Crippen molar-refractivity contribution >= 4 is 0 Å². The minimum absolute atomic E-state index is 0.199. The lowest BCUT2D eigenvalue weighted by Gasteiger charge is -2.34. The molecule has 5 rings (SSSR count). The van der Waals surface area contributed by atoms with Crippen molar-refractivity contribution < 1.29 is 9.15 Å². The molecule has 2 aromatic rings. The average molecular weight is 342 g/mol. The van der Waals surface area contributed by atoms with Crippen molar-refractivity contribution in [3.63, 3.8) is 0 Å². The van der Waals surface area contributed by atoms with Gasteiger partial charge in [-0.2, -0.15) is 0 Å².